The predicted octanol–water partition coefficient (Wildman–Crippen LogP) is 2.58. The number of H-pyrrole nitrogens is 1. The molecule has 0 atom stereocenters. The summed E-state index contributed by atoms with van der Waals surface area (Å²) in [5.74, 6) is 0. The van der Waals surface area contributed by atoms with Gasteiger partial charge in [0.15, 0.2) is 5.16 Å². The molecule has 1 aromatic carbocycles. The summed E-state index contributed by atoms with van der Waals surface area (Å²) < 4.78 is 1.65. The Hall–Kier alpha value is -1.71. The summed E-state index contributed by atoms with van der Waals surface area (Å²) in [5.41, 5.74) is 0.285. The molecule has 1 N–H and O–H groups in total. The van der Waals surface area contributed by atoms with Gasteiger partial charge in [-0.15, -0.1) is 5.10 Å². The fourth-order valence-corrected chi connectivity index (χ4v) is 2.93. The van der Waals surface area contributed by atoms with Gasteiger partial charge in [-0.2, -0.15) is 5.26 Å². The number of hydrogen-bond acceptors (Lipinski definition) is 4. The van der Waals surface area contributed by atoms with Gasteiger partial charge in [0.2, 0.25) is 0 Å². The lowest BCUT2D eigenvalue weighted by Gasteiger charge is -2.05. The number of nitrogens with one attached hydrogen (secondary N) is 1. The Morgan fingerprint density at radius 1 is 1.53 bits per heavy atom. The van der Waals surface area contributed by atoms with Crippen LogP contribution in [0.15, 0.2) is 33.0 Å². The van der Waals surface area contributed by atoms with Gasteiger partial charge in [0, 0.05) is 16.0 Å². The minimum absolute atomic E-state index is 0.197. The quantitative estimate of drug-likeness (QED) is 0.943. The predicted molar refractivity (Wildman–Crippen MR) is 71.4 cm³/mol. The van der Waals surface area contributed by atoms with Crippen molar-refractivity contribution in [2.75, 3.05) is 0 Å². The van der Waals surface area contributed by atoms with E-state index in [0.717, 1.165) is 17.7 Å². The van der Waals surface area contributed by atoms with E-state index in [4.69, 9.17) is 16.9 Å². The van der Waals surface area contributed by atoms with Gasteiger partial charge >= 0.3 is 5.69 Å². The lowest BCUT2D eigenvalue weighted by atomic mass is 10.2. The highest BCUT2D eigenvalue weighted by molar-refractivity contribution is 7.99. The largest absolute Gasteiger partial charge is 0.344 e. The zero-order valence-electron chi connectivity index (χ0n) is 9.76. The molecule has 96 valence electrons. The lowest BCUT2D eigenvalue weighted by Crippen LogP contribution is -2.16. The van der Waals surface area contributed by atoms with Crippen molar-refractivity contribution in [3.8, 4) is 6.07 Å². The van der Waals surface area contributed by atoms with Crippen molar-refractivity contribution < 1.29 is 0 Å². The summed E-state index contributed by atoms with van der Waals surface area (Å²) >= 11 is 7.16. The first-order chi connectivity index (χ1) is 9.19. The highest BCUT2D eigenvalue weighted by atomic mass is 35.5. The second-order valence-corrected chi connectivity index (χ2v) is 5.71. The zero-order valence-corrected chi connectivity index (χ0v) is 11.3. The molecule has 1 fully saturated rings. The van der Waals surface area contributed by atoms with Crippen molar-refractivity contribution in [2.24, 2.45) is 0 Å². The van der Waals surface area contributed by atoms with Crippen LogP contribution >= 0.6 is 23.4 Å². The Kier molecular flexibility index (Phi) is 3.09. The number of benzene rings is 1. The summed E-state index contributed by atoms with van der Waals surface area (Å²) in [6, 6.07) is 7.43. The Morgan fingerprint density at radius 3 is 3.00 bits per heavy atom. The van der Waals surface area contributed by atoms with Gasteiger partial charge in [-0.25, -0.2) is 9.89 Å². The molecule has 1 aliphatic carbocycles. The van der Waals surface area contributed by atoms with Gasteiger partial charge < -0.3 is 0 Å². The number of hydrogen-bond donors (Lipinski definition) is 1. The molecule has 2 aromatic rings. The van der Waals surface area contributed by atoms with Gasteiger partial charge in [-0.1, -0.05) is 11.6 Å². The van der Waals surface area contributed by atoms with E-state index in [1.54, 1.807) is 22.8 Å². The minimum atomic E-state index is -0.197. The Bertz CT molecular complexity index is 726. The molecule has 0 unspecified atom stereocenters. The van der Waals surface area contributed by atoms with Crippen LogP contribution in [-0.2, 0) is 0 Å². The van der Waals surface area contributed by atoms with Gasteiger partial charge in [-0.3, -0.25) is 4.57 Å². The Balaban J connectivity index is 1.98. The highest BCUT2D eigenvalue weighted by Gasteiger charge is 2.29. The van der Waals surface area contributed by atoms with E-state index in [1.807, 2.05) is 0 Å². The van der Waals surface area contributed by atoms with Crippen LogP contribution in [0.5, 0.6) is 0 Å². The maximum atomic E-state index is 11.7. The van der Waals surface area contributed by atoms with Crippen LogP contribution in [0.25, 0.3) is 0 Å². The molecule has 0 saturated heterocycles. The van der Waals surface area contributed by atoms with Crippen LogP contribution in [0.4, 0.5) is 0 Å². The van der Waals surface area contributed by atoms with E-state index in [9.17, 15) is 4.79 Å². The van der Waals surface area contributed by atoms with Gasteiger partial charge in [0.25, 0.3) is 0 Å². The molecule has 19 heavy (non-hydrogen) atoms. The van der Waals surface area contributed by atoms with E-state index >= 15 is 0 Å². The molecule has 0 aliphatic heterocycles. The summed E-state index contributed by atoms with van der Waals surface area (Å²) in [7, 11) is 0. The second kappa shape index (κ2) is 4.76. The maximum Gasteiger partial charge on any atom is 0.344 e. The van der Waals surface area contributed by atoms with Gasteiger partial charge in [0.1, 0.15) is 6.07 Å². The molecule has 0 radical (unpaired) electrons. The Morgan fingerprint density at radius 2 is 2.32 bits per heavy atom. The molecular weight excluding hydrogens is 284 g/mol. The normalized spacial score (nSPS) is 14.3. The van der Waals surface area contributed by atoms with Crippen molar-refractivity contribution in [1.82, 2.24) is 14.8 Å². The lowest BCUT2D eigenvalue weighted by molar-refractivity contribution is 0.642. The first-order valence-electron chi connectivity index (χ1n) is 5.73. The number of rotatable bonds is 3. The average Bonchev–Trinajstić information content (AvgIpc) is 3.17. The number of nitrogens with zero attached hydrogens (tertiary/aromatic N) is 3. The van der Waals surface area contributed by atoms with Crippen molar-refractivity contribution in [3.63, 3.8) is 0 Å². The van der Waals surface area contributed by atoms with E-state index in [1.165, 1.54) is 11.8 Å². The van der Waals surface area contributed by atoms with Crippen LogP contribution in [0.1, 0.15) is 24.4 Å². The molecule has 0 bridgehead atoms. The number of halogens is 1. The van der Waals surface area contributed by atoms with Crippen LogP contribution in [0, 0.1) is 11.3 Å². The van der Waals surface area contributed by atoms with Crippen LogP contribution in [0.3, 0.4) is 0 Å². The van der Waals surface area contributed by atoms with Gasteiger partial charge in [0.05, 0.1) is 5.56 Å². The standard InChI is InChI=1S/C12H9ClN4OS/c13-8-1-4-10(7(5-8)6-14)19-12-16-15-11(18)17(12)9-2-3-9/h1,4-5,9H,2-3H2,(H,15,18). The highest BCUT2D eigenvalue weighted by Crippen LogP contribution is 2.38. The monoisotopic (exact) mass is 292 g/mol. The maximum absolute atomic E-state index is 11.7. The molecule has 1 heterocycles. The molecule has 3 rings (SSSR count). The molecule has 0 spiro atoms. The molecule has 1 aliphatic rings. The zero-order chi connectivity index (χ0) is 13.4. The van der Waals surface area contributed by atoms with E-state index < -0.39 is 0 Å². The second-order valence-electron chi connectivity index (χ2n) is 4.27. The summed E-state index contributed by atoms with van der Waals surface area (Å²) in [6.45, 7) is 0. The molecule has 0 amide bonds. The average molecular weight is 293 g/mol. The molecule has 7 heteroatoms. The van der Waals surface area contributed by atoms with Crippen molar-refractivity contribution in [2.45, 2.75) is 28.9 Å². The van der Waals surface area contributed by atoms with Crippen LogP contribution in [-0.4, -0.2) is 14.8 Å². The van der Waals surface area contributed by atoms with Crippen molar-refractivity contribution in [3.05, 3.63) is 39.3 Å². The third kappa shape index (κ3) is 2.39. The molecule has 1 saturated carbocycles. The molecule has 5 nitrogen and oxygen atoms in total. The number of aromatic nitrogens is 3. The Labute approximate surface area is 118 Å². The summed E-state index contributed by atoms with van der Waals surface area (Å²) in [6.07, 6.45) is 2.00. The first-order valence-corrected chi connectivity index (χ1v) is 6.93. The number of nitriles is 1. The fraction of sp³-hybridized carbons (Fsp3) is 0.250. The van der Waals surface area contributed by atoms with Crippen molar-refractivity contribution >= 4 is 23.4 Å². The van der Waals surface area contributed by atoms with Gasteiger partial charge in [-0.05, 0) is 42.8 Å². The summed E-state index contributed by atoms with van der Waals surface area (Å²) in [5, 5.41) is 16.7. The third-order valence-electron chi connectivity index (χ3n) is 2.85. The minimum Gasteiger partial charge on any atom is -0.267 e. The SMILES string of the molecule is N#Cc1cc(Cl)ccc1Sc1n[nH]c(=O)n1C1CC1. The third-order valence-corrected chi connectivity index (χ3v) is 4.13. The van der Waals surface area contributed by atoms with Crippen molar-refractivity contribution in [1.29, 1.82) is 5.26 Å². The van der Waals surface area contributed by atoms with Crippen LogP contribution < -0.4 is 5.69 Å². The topological polar surface area (TPSA) is 74.5 Å². The van der Waals surface area contributed by atoms with Crippen LogP contribution in [0.2, 0.25) is 5.02 Å². The summed E-state index contributed by atoms with van der Waals surface area (Å²) in [4.78, 5) is 12.4. The molecular formula is C12H9ClN4OS. The smallest absolute Gasteiger partial charge is 0.267 e. The van der Waals surface area contributed by atoms with E-state index in [-0.39, 0.29) is 11.7 Å². The van der Waals surface area contributed by atoms with E-state index in [0.29, 0.717) is 15.7 Å². The van der Waals surface area contributed by atoms with E-state index in [2.05, 4.69) is 16.3 Å². The first kappa shape index (κ1) is 12.3. The fourth-order valence-electron chi connectivity index (χ4n) is 1.79. The molecule has 1 aromatic heterocycles. The number of aromatic amines is 1.